The van der Waals surface area contributed by atoms with Crippen molar-refractivity contribution in [3.63, 3.8) is 0 Å². The number of halogens is 3. The van der Waals surface area contributed by atoms with Gasteiger partial charge in [0.15, 0.2) is 0 Å². The highest BCUT2D eigenvalue weighted by molar-refractivity contribution is 8.00. The number of amides is 1. The van der Waals surface area contributed by atoms with E-state index in [1.165, 1.54) is 24.3 Å². The van der Waals surface area contributed by atoms with E-state index in [1.54, 1.807) is 6.08 Å². The highest BCUT2D eigenvalue weighted by atomic mass is 32.2. The van der Waals surface area contributed by atoms with Crippen LogP contribution < -0.4 is 5.32 Å². The standard InChI is InChI=1S/C12H12F3NOS/c1-2-3-8-16-11(17)9-6-4-5-7-10(9)18-12(13,14)15/h2,4-7H,1,3,8H2,(H,16,17). The van der Waals surface area contributed by atoms with Gasteiger partial charge < -0.3 is 5.32 Å². The number of rotatable bonds is 5. The van der Waals surface area contributed by atoms with E-state index in [-0.39, 0.29) is 22.2 Å². The van der Waals surface area contributed by atoms with E-state index >= 15 is 0 Å². The molecule has 1 N–H and O–H groups in total. The first-order chi connectivity index (χ1) is 8.44. The molecule has 98 valence electrons. The topological polar surface area (TPSA) is 29.1 Å². The Kier molecular flexibility index (Phi) is 5.27. The summed E-state index contributed by atoms with van der Waals surface area (Å²) in [7, 11) is 0. The zero-order valence-corrected chi connectivity index (χ0v) is 10.3. The van der Waals surface area contributed by atoms with Gasteiger partial charge in [-0.25, -0.2) is 0 Å². The lowest BCUT2D eigenvalue weighted by Crippen LogP contribution is -2.24. The summed E-state index contributed by atoms with van der Waals surface area (Å²) >= 11 is -0.286. The molecule has 2 nitrogen and oxygen atoms in total. The molecule has 0 spiro atoms. The van der Waals surface area contributed by atoms with E-state index < -0.39 is 11.4 Å². The molecular weight excluding hydrogens is 263 g/mol. The number of thioether (sulfide) groups is 1. The third-order valence-corrected chi connectivity index (χ3v) is 2.80. The van der Waals surface area contributed by atoms with E-state index in [1.807, 2.05) is 0 Å². The van der Waals surface area contributed by atoms with Crippen LogP contribution in [0.3, 0.4) is 0 Å². The van der Waals surface area contributed by atoms with Crippen LogP contribution in [0.5, 0.6) is 0 Å². The van der Waals surface area contributed by atoms with Crippen molar-refractivity contribution in [1.82, 2.24) is 5.32 Å². The lowest BCUT2D eigenvalue weighted by molar-refractivity contribution is -0.0328. The van der Waals surface area contributed by atoms with Crippen LogP contribution in [0.25, 0.3) is 0 Å². The molecule has 0 aliphatic carbocycles. The van der Waals surface area contributed by atoms with Crippen LogP contribution in [0, 0.1) is 0 Å². The molecule has 0 aromatic heterocycles. The lowest BCUT2D eigenvalue weighted by atomic mass is 10.2. The molecule has 18 heavy (non-hydrogen) atoms. The second-order valence-electron chi connectivity index (χ2n) is 3.38. The minimum atomic E-state index is -4.41. The number of hydrogen-bond donors (Lipinski definition) is 1. The third kappa shape index (κ3) is 4.83. The summed E-state index contributed by atoms with van der Waals surface area (Å²) in [6.45, 7) is 3.85. The zero-order chi connectivity index (χ0) is 13.6. The molecule has 0 saturated heterocycles. The summed E-state index contributed by atoms with van der Waals surface area (Å²) in [6, 6.07) is 5.65. The van der Waals surface area contributed by atoms with Gasteiger partial charge in [0.1, 0.15) is 0 Å². The first kappa shape index (κ1) is 14.6. The normalized spacial score (nSPS) is 11.1. The fourth-order valence-electron chi connectivity index (χ4n) is 1.25. The zero-order valence-electron chi connectivity index (χ0n) is 9.46. The summed E-state index contributed by atoms with van der Waals surface area (Å²) in [4.78, 5) is 11.6. The number of nitrogens with one attached hydrogen (secondary N) is 1. The Labute approximate surface area is 107 Å². The molecule has 0 atom stereocenters. The Morgan fingerprint density at radius 1 is 1.39 bits per heavy atom. The molecule has 0 aliphatic heterocycles. The van der Waals surface area contributed by atoms with Crippen molar-refractivity contribution in [1.29, 1.82) is 0 Å². The van der Waals surface area contributed by atoms with Crippen molar-refractivity contribution >= 4 is 17.7 Å². The molecule has 0 aliphatic rings. The van der Waals surface area contributed by atoms with Crippen molar-refractivity contribution in [3.05, 3.63) is 42.5 Å². The van der Waals surface area contributed by atoms with Gasteiger partial charge in [-0.15, -0.1) is 6.58 Å². The van der Waals surface area contributed by atoms with Crippen molar-refractivity contribution < 1.29 is 18.0 Å². The SMILES string of the molecule is C=CCCNC(=O)c1ccccc1SC(F)(F)F. The first-order valence-corrected chi connectivity index (χ1v) is 5.99. The number of hydrogen-bond acceptors (Lipinski definition) is 2. The van der Waals surface area contributed by atoms with Crippen LogP contribution in [0.2, 0.25) is 0 Å². The van der Waals surface area contributed by atoms with Crippen LogP contribution in [0.1, 0.15) is 16.8 Å². The molecule has 0 bridgehead atoms. The van der Waals surface area contributed by atoms with E-state index in [9.17, 15) is 18.0 Å². The van der Waals surface area contributed by atoms with Crippen LogP contribution in [0.15, 0.2) is 41.8 Å². The summed E-state index contributed by atoms with van der Waals surface area (Å²) in [5, 5.41) is 2.54. The fraction of sp³-hybridized carbons (Fsp3) is 0.250. The molecule has 1 aromatic rings. The predicted molar refractivity (Wildman–Crippen MR) is 65.5 cm³/mol. The van der Waals surface area contributed by atoms with Gasteiger partial charge in [0.25, 0.3) is 5.91 Å². The van der Waals surface area contributed by atoms with E-state index in [0.29, 0.717) is 13.0 Å². The maximum atomic E-state index is 12.3. The quantitative estimate of drug-likeness (QED) is 0.505. The smallest absolute Gasteiger partial charge is 0.352 e. The van der Waals surface area contributed by atoms with E-state index in [2.05, 4.69) is 11.9 Å². The van der Waals surface area contributed by atoms with Crippen LogP contribution in [-0.4, -0.2) is 18.0 Å². The van der Waals surface area contributed by atoms with Gasteiger partial charge in [0, 0.05) is 11.4 Å². The molecular formula is C12H12F3NOS. The number of benzene rings is 1. The molecule has 1 amide bonds. The summed E-state index contributed by atoms with van der Waals surface area (Å²) in [5.74, 6) is -0.510. The average molecular weight is 275 g/mol. The van der Waals surface area contributed by atoms with Gasteiger partial charge >= 0.3 is 5.51 Å². The maximum absolute atomic E-state index is 12.3. The van der Waals surface area contributed by atoms with Gasteiger partial charge in [-0.2, -0.15) is 13.2 Å². The molecule has 0 fully saturated rings. The Balaban J connectivity index is 2.81. The van der Waals surface area contributed by atoms with Crippen molar-refractivity contribution in [2.45, 2.75) is 16.8 Å². The highest BCUT2D eigenvalue weighted by Gasteiger charge is 2.31. The van der Waals surface area contributed by atoms with Gasteiger partial charge in [0.2, 0.25) is 0 Å². The molecule has 0 heterocycles. The molecule has 0 saturated carbocycles. The van der Waals surface area contributed by atoms with Gasteiger partial charge in [-0.1, -0.05) is 18.2 Å². The second kappa shape index (κ2) is 6.49. The number of carbonyl (C=O) groups is 1. The van der Waals surface area contributed by atoms with Gasteiger partial charge in [0.05, 0.1) is 5.56 Å². The third-order valence-electron chi connectivity index (χ3n) is 1.99. The summed E-state index contributed by atoms with van der Waals surface area (Å²) in [6.07, 6.45) is 2.19. The van der Waals surface area contributed by atoms with E-state index in [4.69, 9.17) is 0 Å². The Hall–Kier alpha value is -1.43. The first-order valence-electron chi connectivity index (χ1n) is 5.18. The molecule has 1 aromatic carbocycles. The Morgan fingerprint density at radius 3 is 2.67 bits per heavy atom. The molecule has 0 radical (unpaired) electrons. The van der Waals surface area contributed by atoms with Crippen molar-refractivity contribution in [3.8, 4) is 0 Å². The highest BCUT2D eigenvalue weighted by Crippen LogP contribution is 2.38. The number of carbonyl (C=O) groups excluding carboxylic acids is 1. The monoisotopic (exact) mass is 275 g/mol. The van der Waals surface area contributed by atoms with Crippen LogP contribution >= 0.6 is 11.8 Å². The van der Waals surface area contributed by atoms with Crippen LogP contribution in [0.4, 0.5) is 13.2 Å². The predicted octanol–water partition coefficient (Wildman–Crippen LogP) is 3.60. The Morgan fingerprint density at radius 2 is 2.06 bits per heavy atom. The van der Waals surface area contributed by atoms with Crippen LogP contribution in [-0.2, 0) is 0 Å². The lowest BCUT2D eigenvalue weighted by Gasteiger charge is -2.10. The van der Waals surface area contributed by atoms with Crippen molar-refractivity contribution in [2.24, 2.45) is 0 Å². The second-order valence-corrected chi connectivity index (χ2v) is 4.48. The molecule has 6 heteroatoms. The van der Waals surface area contributed by atoms with Crippen molar-refractivity contribution in [2.75, 3.05) is 6.54 Å². The minimum Gasteiger partial charge on any atom is -0.352 e. The average Bonchev–Trinajstić information content (AvgIpc) is 2.27. The summed E-state index contributed by atoms with van der Waals surface area (Å²) < 4.78 is 36.9. The van der Waals surface area contributed by atoms with Gasteiger partial charge in [-0.3, -0.25) is 4.79 Å². The minimum absolute atomic E-state index is 0.0314. The summed E-state index contributed by atoms with van der Waals surface area (Å²) in [5.41, 5.74) is -4.37. The maximum Gasteiger partial charge on any atom is 0.446 e. The largest absolute Gasteiger partial charge is 0.446 e. The molecule has 1 rings (SSSR count). The Bertz CT molecular complexity index is 432. The van der Waals surface area contributed by atoms with E-state index in [0.717, 1.165) is 0 Å². The van der Waals surface area contributed by atoms with Gasteiger partial charge in [-0.05, 0) is 30.3 Å². The molecule has 0 unspecified atom stereocenters. The fourth-order valence-corrected chi connectivity index (χ4v) is 1.92. The number of alkyl halides is 3.